The first kappa shape index (κ1) is 20.2. The van der Waals surface area contributed by atoms with E-state index < -0.39 is 32.2 Å². The SMILES string of the molecule is CCC1(NS(=O)(=O)c2ccc3c(c2)c(=O)n(NC(=O)C24CC2C4)c(=O)n3CC2CC2)CC1.[HH].[HH]. The molecule has 1 amide bonds. The monoisotopic (exact) mass is 462 g/mol. The largest absolute Gasteiger partial charge is 0.350 e. The number of carbonyl (C=O) groups is 1. The number of carbonyl (C=O) groups excluding carboxylic acids is 1. The third-order valence-corrected chi connectivity index (χ3v) is 9.37. The van der Waals surface area contributed by atoms with Crippen LogP contribution in [0.25, 0.3) is 10.9 Å². The van der Waals surface area contributed by atoms with Gasteiger partial charge < -0.3 is 0 Å². The number of sulfonamides is 1. The minimum atomic E-state index is -3.82. The van der Waals surface area contributed by atoms with E-state index in [2.05, 4.69) is 10.1 Å². The molecule has 0 unspecified atom stereocenters. The predicted molar refractivity (Wildman–Crippen MR) is 122 cm³/mol. The van der Waals surface area contributed by atoms with E-state index in [1.165, 1.54) is 22.8 Å². The van der Waals surface area contributed by atoms with Crippen LogP contribution in [0.3, 0.4) is 0 Å². The number of hydrogen-bond donors (Lipinski definition) is 2. The Bertz CT molecular complexity index is 1400. The highest BCUT2D eigenvalue weighted by atomic mass is 32.2. The molecular weight excluding hydrogens is 432 g/mol. The number of hydrogen-bond acceptors (Lipinski definition) is 5. The third-order valence-electron chi connectivity index (χ3n) is 7.79. The number of aromatic nitrogens is 2. The van der Waals surface area contributed by atoms with Gasteiger partial charge in [0.15, 0.2) is 0 Å². The zero-order chi connectivity index (χ0) is 22.5. The van der Waals surface area contributed by atoms with Crippen LogP contribution in [0.2, 0.25) is 0 Å². The topological polar surface area (TPSA) is 119 Å². The normalized spacial score (nSPS) is 27.1. The van der Waals surface area contributed by atoms with Crippen molar-refractivity contribution in [2.75, 3.05) is 5.43 Å². The molecule has 1 aromatic carbocycles. The molecule has 1 heterocycles. The number of nitrogens with zero attached hydrogens (tertiary/aromatic N) is 2. The molecule has 1 aromatic heterocycles. The number of benzene rings is 1. The summed E-state index contributed by atoms with van der Waals surface area (Å²) in [5.41, 5.74) is 0.820. The van der Waals surface area contributed by atoms with Gasteiger partial charge >= 0.3 is 5.69 Å². The molecule has 6 rings (SSSR count). The molecule has 0 saturated heterocycles. The number of rotatable bonds is 8. The second kappa shape index (κ2) is 6.32. The van der Waals surface area contributed by atoms with Crippen molar-refractivity contribution < 1.29 is 16.1 Å². The van der Waals surface area contributed by atoms with Gasteiger partial charge in [-0.2, -0.15) is 4.68 Å². The summed E-state index contributed by atoms with van der Waals surface area (Å²) < 4.78 is 31.0. The summed E-state index contributed by atoms with van der Waals surface area (Å²) in [5.74, 6) is 0.406. The highest BCUT2D eigenvalue weighted by molar-refractivity contribution is 7.89. The lowest BCUT2D eigenvalue weighted by molar-refractivity contribution is -0.120. The maximum Gasteiger partial charge on any atom is 0.350 e. The van der Waals surface area contributed by atoms with Gasteiger partial charge in [0.1, 0.15) is 0 Å². The predicted octanol–water partition coefficient (Wildman–Crippen LogP) is 1.77. The lowest BCUT2D eigenvalue weighted by atomic mass is 10.2. The molecule has 4 aliphatic carbocycles. The fourth-order valence-electron chi connectivity index (χ4n) is 4.66. The quantitative estimate of drug-likeness (QED) is 0.620. The van der Waals surface area contributed by atoms with Gasteiger partial charge in [0, 0.05) is 14.9 Å². The molecule has 4 saturated carbocycles. The minimum Gasteiger partial charge on any atom is -0.291 e. The van der Waals surface area contributed by atoms with Crippen molar-refractivity contribution in [2.24, 2.45) is 17.3 Å². The molecule has 4 fully saturated rings. The number of nitrogens with one attached hydrogen (secondary N) is 2. The van der Waals surface area contributed by atoms with Gasteiger partial charge in [-0.3, -0.25) is 19.6 Å². The van der Waals surface area contributed by atoms with Crippen molar-refractivity contribution in [3.05, 3.63) is 39.0 Å². The highest BCUT2D eigenvalue weighted by Gasteiger charge is 2.74. The smallest absolute Gasteiger partial charge is 0.291 e. The molecule has 0 spiro atoms. The van der Waals surface area contributed by atoms with E-state index in [-0.39, 0.29) is 19.0 Å². The van der Waals surface area contributed by atoms with E-state index >= 15 is 0 Å². The Kier molecular flexibility index (Phi) is 3.98. The Balaban J connectivity index is 0.00000137. The number of amides is 1. The Morgan fingerprint density at radius 1 is 1.22 bits per heavy atom. The van der Waals surface area contributed by atoms with Gasteiger partial charge in [-0.25, -0.2) is 17.9 Å². The summed E-state index contributed by atoms with van der Waals surface area (Å²) in [6, 6.07) is 4.30. The highest BCUT2D eigenvalue weighted by Crippen LogP contribution is 2.75. The van der Waals surface area contributed by atoms with Gasteiger partial charge in [-0.1, -0.05) is 6.92 Å². The van der Waals surface area contributed by atoms with Crippen LogP contribution < -0.4 is 21.4 Å². The molecule has 9 nitrogen and oxygen atoms in total. The van der Waals surface area contributed by atoms with E-state index in [0.29, 0.717) is 30.3 Å². The number of fused-ring (bicyclic) bond motifs is 2. The van der Waals surface area contributed by atoms with E-state index in [9.17, 15) is 22.8 Å². The summed E-state index contributed by atoms with van der Waals surface area (Å²) in [4.78, 5) is 39.0. The van der Waals surface area contributed by atoms with Crippen LogP contribution in [-0.2, 0) is 21.4 Å². The summed E-state index contributed by atoms with van der Waals surface area (Å²) in [6.45, 7) is 2.38. The van der Waals surface area contributed by atoms with Crippen LogP contribution in [0.1, 0.15) is 54.7 Å². The Hall–Kier alpha value is -2.46. The first-order valence-corrected chi connectivity index (χ1v) is 12.8. The maximum atomic E-state index is 13.3. The summed E-state index contributed by atoms with van der Waals surface area (Å²) in [7, 11) is -3.82. The second-order valence-electron chi connectivity index (χ2n) is 10.1. The van der Waals surface area contributed by atoms with Gasteiger partial charge in [0.2, 0.25) is 15.9 Å². The van der Waals surface area contributed by atoms with Crippen LogP contribution in [0.15, 0.2) is 32.7 Å². The zero-order valence-corrected chi connectivity index (χ0v) is 18.7. The molecule has 0 radical (unpaired) electrons. The van der Waals surface area contributed by atoms with Gasteiger partial charge in [-0.15, -0.1) is 0 Å². The van der Waals surface area contributed by atoms with Crippen LogP contribution in [0, 0.1) is 17.3 Å². The van der Waals surface area contributed by atoms with Gasteiger partial charge in [-0.05, 0) is 75.0 Å². The molecule has 4 aliphatic rings. The lowest BCUT2D eigenvalue weighted by Crippen LogP contribution is -2.48. The second-order valence-corrected chi connectivity index (χ2v) is 11.8. The summed E-state index contributed by atoms with van der Waals surface area (Å²) >= 11 is 0. The first-order valence-electron chi connectivity index (χ1n) is 11.3. The molecule has 0 atom stereocenters. The Morgan fingerprint density at radius 3 is 2.47 bits per heavy atom. The molecule has 174 valence electrons. The minimum absolute atomic E-state index is 0. The van der Waals surface area contributed by atoms with Crippen LogP contribution in [0.5, 0.6) is 0 Å². The first-order chi connectivity index (χ1) is 15.2. The summed E-state index contributed by atoms with van der Waals surface area (Å²) in [5, 5.41) is 0.107. The van der Waals surface area contributed by atoms with Crippen LogP contribution >= 0.6 is 0 Å². The van der Waals surface area contributed by atoms with E-state index in [1.807, 2.05) is 6.92 Å². The third kappa shape index (κ3) is 3.07. The molecule has 2 aromatic rings. The van der Waals surface area contributed by atoms with Crippen molar-refractivity contribution in [3.63, 3.8) is 0 Å². The van der Waals surface area contributed by atoms with Crippen LogP contribution in [-0.4, -0.2) is 29.1 Å². The molecule has 2 N–H and O–H groups in total. The van der Waals surface area contributed by atoms with E-state index in [1.54, 1.807) is 0 Å². The zero-order valence-electron chi connectivity index (χ0n) is 17.9. The van der Waals surface area contributed by atoms with E-state index in [4.69, 9.17) is 0 Å². The average molecular weight is 463 g/mol. The average Bonchev–Trinajstić information content (AvgIpc) is 3.57. The Labute approximate surface area is 187 Å². The van der Waals surface area contributed by atoms with Gasteiger partial charge in [0.05, 0.1) is 21.2 Å². The fraction of sp³-hybridized carbons (Fsp3) is 0.591. The molecule has 0 aliphatic heterocycles. The molecule has 10 heteroatoms. The summed E-state index contributed by atoms with van der Waals surface area (Å²) in [6.07, 6.45) is 5.87. The molecule has 32 heavy (non-hydrogen) atoms. The lowest BCUT2D eigenvalue weighted by Gasteiger charge is -2.17. The fourth-order valence-corrected chi connectivity index (χ4v) is 6.22. The van der Waals surface area contributed by atoms with Crippen molar-refractivity contribution in [1.29, 1.82) is 0 Å². The molecule has 0 bridgehead atoms. The maximum absolute atomic E-state index is 13.3. The van der Waals surface area contributed by atoms with Crippen molar-refractivity contribution in [1.82, 2.24) is 14.0 Å². The Morgan fingerprint density at radius 2 is 1.91 bits per heavy atom. The van der Waals surface area contributed by atoms with Crippen molar-refractivity contribution >= 4 is 26.8 Å². The van der Waals surface area contributed by atoms with Crippen LogP contribution in [0.4, 0.5) is 0 Å². The van der Waals surface area contributed by atoms with Crippen molar-refractivity contribution in [2.45, 2.75) is 68.8 Å². The van der Waals surface area contributed by atoms with Gasteiger partial charge in [0.25, 0.3) is 5.56 Å². The molecular formula is C22H30N4O5S. The van der Waals surface area contributed by atoms with Crippen molar-refractivity contribution in [3.8, 4) is 0 Å². The standard InChI is InChI=1S/C22H26N4O5S.2H2/c1-2-21(7-8-21)24-32(30,31)15-5-6-17-16(9-15)18(27)26(20(29)25(17)12-13-3-4-13)23-19(28)22-10-14(22)11-22;;/h5-6,9,13-14,24H,2-4,7-8,10-12H2,1H3,(H,23,28);2*1H. The van der Waals surface area contributed by atoms with E-state index in [0.717, 1.165) is 43.2 Å².